The number of rotatable bonds is 5. The van der Waals surface area contributed by atoms with Crippen LogP contribution in [0, 0.1) is 5.92 Å². The lowest BCUT2D eigenvalue weighted by atomic mass is 9.97. The number of piperidine rings is 1. The number of likely N-dealkylation sites (tertiary alicyclic amines) is 1. The quantitative estimate of drug-likeness (QED) is 0.904. The van der Waals surface area contributed by atoms with E-state index in [0.717, 1.165) is 49.4 Å². The lowest BCUT2D eigenvalue weighted by Gasteiger charge is -2.33. The maximum absolute atomic E-state index is 6.26. The molecule has 116 valence electrons. The first-order valence-electron chi connectivity index (χ1n) is 8.13. The molecule has 0 aromatic heterocycles. The number of nitrogens with one attached hydrogen (secondary N) is 1. The summed E-state index contributed by atoms with van der Waals surface area (Å²) in [5, 5.41) is 4.32. The van der Waals surface area contributed by atoms with Gasteiger partial charge in [0.15, 0.2) is 0 Å². The summed E-state index contributed by atoms with van der Waals surface area (Å²) in [6.07, 6.45) is 3.62. The van der Waals surface area contributed by atoms with Crippen molar-refractivity contribution in [2.24, 2.45) is 5.92 Å². The molecule has 1 N–H and O–H groups in total. The van der Waals surface area contributed by atoms with Gasteiger partial charge in [-0.25, -0.2) is 0 Å². The van der Waals surface area contributed by atoms with Gasteiger partial charge in [0.2, 0.25) is 0 Å². The number of nitrogens with zero attached hydrogens (tertiary/aromatic N) is 1. The molecule has 1 fully saturated rings. The van der Waals surface area contributed by atoms with Crippen molar-refractivity contribution in [1.82, 2.24) is 10.2 Å². The summed E-state index contributed by atoms with van der Waals surface area (Å²) in [5.41, 5.74) is 2.54. The SMILES string of the molecule is CCNCC1CCCN(Cc2cc(Cl)cc3c2OCC3)C1. The van der Waals surface area contributed by atoms with Crippen molar-refractivity contribution in [3.63, 3.8) is 0 Å². The summed E-state index contributed by atoms with van der Waals surface area (Å²) in [7, 11) is 0. The maximum Gasteiger partial charge on any atom is 0.127 e. The molecular formula is C17H25ClN2O. The van der Waals surface area contributed by atoms with E-state index in [-0.39, 0.29) is 0 Å². The fourth-order valence-corrected chi connectivity index (χ4v) is 3.78. The topological polar surface area (TPSA) is 24.5 Å². The number of fused-ring (bicyclic) bond motifs is 1. The van der Waals surface area contributed by atoms with Gasteiger partial charge in [0.05, 0.1) is 6.61 Å². The summed E-state index contributed by atoms with van der Waals surface area (Å²) in [4.78, 5) is 2.55. The van der Waals surface area contributed by atoms with E-state index in [4.69, 9.17) is 16.3 Å². The van der Waals surface area contributed by atoms with E-state index in [1.54, 1.807) is 0 Å². The molecule has 3 rings (SSSR count). The van der Waals surface area contributed by atoms with Crippen LogP contribution in [0.3, 0.4) is 0 Å². The van der Waals surface area contributed by atoms with Crippen molar-refractivity contribution >= 4 is 11.6 Å². The van der Waals surface area contributed by atoms with Crippen LogP contribution in [0.2, 0.25) is 5.02 Å². The Morgan fingerprint density at radius 1 is 1.43 bits per heavy atom. The van der Waals surface area contributed by atoms with Gasteiger partial charge in [-0.2, -0.15) is 0 Å². The molecule has 21 heavy (non-hydrogen) atoms. The van der Waals surface area contributed by atoms with E-state index in [1.807, 2.05) is 0 Å². The highest BCUT2D eigenvalue weighted by Crippen LogP contribution is 2.34. The van der Waals surface area contributed by atoms with E-state index in [0.29, 0.717) is 0 Å². The molecule has 2 heterocycles. The Morgan fingerprint density at radius 3 is 3.19 bits per heavy atom. The largest absolute Gasteiger partial charge is 0.493 e. The zero-order chi connectivity index (χ0) is 14.7. The number of hydrogen-bond donors (Lipinski definition) is 1. The van der Waals surface area contributed by atoms with Crippen LogP contribution in [0.25, 0.3) is 0 Å². The smallest absolute Gasteiger partial charge is 0.127 e. The van der Waals surface area contributed by atoms with Gasteiger partial charge in [0, 0.05) is 30.1 Å². The minimum absolute atomic E-state index is 0.770. The van der Waals surface area contributed by atoms with Gasteiger partial charge in [0.1, 0.15) is 5.75 Å². The molecule has 3 nitrogen and oxygen atoms in total. The van der Waals surface area contributed by atoms with E-state index in [1.165, 1.54) is 37.1 Å². The molecule has 2 aliphatic rings. The molecule has 0 saturated carbocycles. The van der Waals surface area contributed by atoms with Crippen LogP contribution in [0.1, 0.15) is 30.9 Å². The standard InChI is InChI=1S/C17H25ClN2O/c1-2-19-10-13-4-3-6-20(11-13)12-15-9-16(18)8-14-5-7-21-17(14)15/h8-9,13,19H,2-7,10-12H2,1H3. The first kappa shape index (κ1) is 15.1. The van der Waals surface area contributed by atoms with Crippen LogP contribution in [0.15, 0.2) is 12.1 Å². The highest BCUT2D eigenvalue weighted by atomic mass is 35.5. The molecule has 0 spiro atoms. The molecule has 1 unspecified atom stereocenters. The van der Waals surface area contributed by atoms with E-state index in [2.05, 4.69) is 29.3 Å². The third kappa shape index (κ3) is 3.71. The first-order valence-corrected chi connectivity index (χ1v) is 8.51. The van der Waals surface area contributed by atoms with Gasteiger partial charge in [0.25, 0.3) is 0 Å². The molecule has 0 bridgehead atoms. The monoisotopic (exact) mass is 308 g/mol. The molecule has 1 aromatic carbocycles. The van der Waals surface area contributed by atoms with E-state index < -0.39 is 0 Å². The van der Waals surface area contributed by atoms with Crippen molar-refractivity contribution in [2.45, 2.75) is 32.7 Å². The fraction of sp³-hybridized carbons (Fsp3) is 0.647. The van der Waals surface area contributed by atoms with Crippen LogP contribution in [-0.2, 0) is 13.0 Å². The average molecular weight is 309 g/mol. The zero-order valence-corrected chi connectivity index (χ0v) is 13.6. The Labute approximate surface area is 132 Å². The van der Waals surface area contributed by atoms with Crippen LogP contribution in [0.5, 0.6) is 5.75 Å². The summed E-state index contributed by atoms with van der Waals surface area (Å²) < 4.78 is 5.82. The molecule has 0 aliphatic carbocycles. The number of halogens is 1. The van der Waals surface area contributed by atoms with Crippen LogP contribution >= 0.6 is 11.6 Å². The second-order valence-electron chi connectivity index (χ2n) is 6.20. The van der Waals surface area contributed by atoms with Gasteiger partial charge < -0.3 is 10.1 Å². The Balaban J connectivity index is 1.66. The third-order valence-electron chi connectivity index (χ3n) is 4.51. The van der Waals surface area contributed by atoms with Crippen molar-refractivity contribution in [3.8, 4) is 5.75 Å². The lowest BCUT2D eigenvalue weighted by molar-refractivity contribution is 0.164. The molecule has 2 aliphatic heterocycles. The predicted octanol–water partition coefficient (Wildman–Crippen LogP) is 3.10. The molecule has 1 atom stereocenters. The van der Waals surface area contributed by atoms with Crippen molar-refractivity contribution in [1.29, 1.82) is 0 Å². The van der Waals surface area contributed by atoms with Gasteiger partial charge >= 0.3 is 0 Å². The Hall–Kier alpha value is -0.770. The summed E-state index contributed by atoms with van der Waals surface area (Å²) in [5.74, 6) is 1.86. The number of benzene rings is 1. The van der Waals surface area contributed by atoms with Gasteiger partial charge in [-0.15, -0.1) is 0 Å². The minimum Gasteiger partial charge on any atom is -0.493 e. The van der Waals surface area contributed by atoms with Crippen molar-refractivity contribution in [2.75, 3.05) is 32.8 Å². The van der Waals surface area contributed by atoms with Crippen LogP contribution in [0.4, 0.5) is 0 Å². The predicted molar refractivity (Wildman–Crippen MR) is 87.2 cm³/mol. The van der Waals surface area contributed by atoms with Gasteiger partial charge in [-0.1, -0.05) is 18.5 Å². The molecule has 1 saturated heterocycles. The lowest BCUT2D eigenvalue weighted by Crippen LogP contribution is -2.39. The molecular weight excluding hydrogens is 284 g/mol. The highest BCUT2D eigenvalue weighted by Gasteiger charge is 2.23. The minimum atomic E-state index is 0.770. The second kappa shape index (κ2) is 6.99. The molecule has 1 aromatic rings. The average Bonchev–Trinajstić information content (AvgIpc) is 2.94. The molecule has 4 heteroatoms. The van der Waals surface area contributed by atoms with Crippen molar-refractivity contribution < 1.29 is 4.74 Å². The van der Waals surface area contributed by atoms with Crippen LogP contribution < -0.4 is 10.1 Å². The van der Waals surface area contributed by atoms with E-state index >= 15 is 0 Å². The van der Waals surface area contributed by atoms with Gasteiger partial charge in [-0.05, 0) is 56.1 Å². The van der Waals surface area contributed by atoms with Crippen LogP contribution in [-0.4, -0.2) is 37.7 Å². The maximum atomic E-state index is 6.26. The van der Waals surface area contributed by atoms with Gasteiger partial charge in [-0.3, -0.25) is 4.90 Å². The Bertz CT molecular complexity index is 492. The summed E-state index contributed by atoms with van der Waals surface area (Å²) >= 11 is 6.26. The fourth-order valence-electron chi connectivity index (χ4n) is 3.51. The van der Waals surface area contributed by atoms with Crippen molar-refractivity contribution in [3.05, 3.63) is 28.3 Å². The zero-order valence-electron chi connectivity index (χ0n) is 12.8. The normalized spacial score (nSPS) is 22.1. The summed E-state index contributed by atoms with van der Waals surface area (Å²) in [6.45, 7) is 8.49. The number of ether oxygens (including phenoxy) is 1. The molecule has 0 amide bonds. The third-order valence-corrected chi connectivity index (χ3v) is 4.72. The Morgan fingerprint density at radius 2 is 2.33 bits per heavy atom. The molecule has 0 radical (unpaired) electrons. The second-order valence-corrected chi connectivity index (χ2v) is 6.64. The first-order chi connectivity index (χ1) is 10.3. The Kier molecular flexibility index (Phi) is 5.04. The summed E-state index contributed by atoms with van der Waals surface area (Å²) in [6, 6.07) is 4.14. The highest BCUT2D eigenvalue weighted by molar-refractivity contribution is 6.30. The van der Waals surface area contributed by atoms with E-state index in [9.17, 15) is 0 Å². The number of hydrogen-bond acceptors (Lipinski definition) is 3.